The molecule has 1 aliphatic heterocycles. The van der Waals surface area contributed by atoms with E-state index in [0.717, 1.165) is 17.0 Å². The van der Waals surface area contributed by atoms with Crippen molar-refractivity contribution >= 4 is 11.9 Å². The Hall–Kier alpha value is -2.63. The van der Waals surface area contributed by atoms with Gasteiger partial charge in [0.2, 0.25) is 5.91 Å². The molecule has 1 aliphatic rings. The predicted octanol–water partition coefficient (Wildman–Crippen LogP) is 1.38. The van der Waals surface area contributed by atoms with E-state index >= 15 is 0 Å². The van der Waals surface area contributed by atoms with Crippen LogP contribution in [0.25, 0.3) is 0 Å². The Balaban J connectivity index is 1.89. The second kappa shape index (κ2) is 6.24. The van der Waals surface area contributed by atoms with E-state index in [-0.39, 0.29) is 5.91 Å². The summed E-state index contributed by atoms with van der Waals surface area (Å²) in [6, 6.07) is 9.47. The number of aromatic nitrogens is 2. The van der Waals surface area contributed by atoms with E-state index in [1.54, 1.807) is 11.2 Å². The molecule has 0 aliphatic carbocycles. The largest absolute Gasteiger partial charge is 0.467 e. The molecular formula is C17H19N3O3. The van der Waals surface area contributed by atoms with Crippen molar-refractivity contribution in [3.8, 4) is 0 Å². The van der Waals surface area contributed by atoms with Gasteiger partial charge in [0.1, 0.15) is 6.04 Å². The number of rotatable bonds is 3. The first-order valence-corrected chi connectivity index (χ1v) is 7.52. The van der Waals surface area contributed by atoms with Gasteiger partial charge >= 0.3 is 5.97 Å². The normalized spacial score (nSPS) is 16.8. The molecule has 1 aromatic heterocycles. The fraction of sp³-hybridized carbons (Fsp3) is 0.353. The molecule has 3 rings (SSSR count). The minimum atomic E-state index is -0.593. The summed E-state index contributed by atoms with van der Waals surface area (Å²) in [5.74, 6) is -0.540. The summed E-state index contributed by atoms with van der Waals surface area (Å²) in [4.78, 5) is 29.8. The lowest BCUT2D eigenvalue weighted by atomic mass is 10.0. The first-order valence-electron chi connectivity index (χ1n) is 7.52. The maximum Gasteiger partial charge on any atom is 0.329 e. The number of amides is 1. The standard InChI is InChI=1S/C17H19N3O3/c1-12(21)20-10-16-14(8-15(20)17(22)23-2)18-11-19(16)9-13-6-4-3-5-7-13/h3-7,11,15H,8-10H2,1-2H3. The monoisotopic (exact) mass is 313 g/mol. The number of hydrogen-bond acceptors (Lipinski definition) is 4. The number of benzene rings is 1. The van der Waals surface area contributed by atoms with Crippen LogP contribution in [0.3, 0.4) is 0 Å². The highest BCUT2D eigenvalue weighted by molar-refractivity contribution is 5.84. The first kappa shape index (κ1) is 15.3. The summed E-state index contributed by atoms with van der Waals surface area (Å²) in [5.41, 5.74) is 3.00. The van der Waals surface area contributed by atoms with Crippen LogP contribution in [-0.4, -0.2) is 39.5 Å². The summed E-state index contributed by atoms with van der Waals surface area (Å²) in [6.45, 7) is 2.54. The van der Waals surface area contributed by atoms with Crippen molar-refractivity contribution in [1.29, 1.82) is 0 Å². The average molecular weight is 313 g/mol. The third-order valence-corrected chi connectivity index (χ3v) is 4.19. The van der Waals surface area contributed by atoms with Crippen LogP contribution in [0.4, 0.5) is 0 Å². The maximum absolute atomic E-state index is 11.9. The highest BCUT2D eigenvalue weighted by Gasteiger charge is 2.36. The molecule has 0 saturated heterocycles. The lowest BCUT2D eigenvalue weighted by molar-refractivity contribution is -0.153. The highest BCUT2D eigenvalue weighted by atomic mass is 16.5. The Morgan fingerprint density at radius 2 is 2.04 bits per heavy atom. The van der Waals surface area contributed by atoms with Crippen LogP contribution in [0.5, 0.6) is 0 Å². The summed E-state index contributed by atoms with van der Waals surface area (Å²) in [7, 11) is 1.34. The van der Waals surface area contributed by atoms with Crippen LogP contribution in [-0.2, 0) is 33.8 Å². The van der Waals surface area contributed by atoms with Crippen molar-refractivity contribution in [2.45, 2.75) is 32.5 Å². The molecule has 0 spiro atoms. The maximum atomic E-state index is 11.9. The molecule has 0 radical (unpaired) electrons. The van der Waals surface area contributed by atoms with Crippen molar-refractivity contribution < 1.29 is 14.3 Å². The summed E-state index contributed by atoms with van der Waals surface area (Å²) >= 11 is 0. The number of carbonyl (C=O) groups is 2. The van der Waals surface area contributed by atoms with Gasteiger partial charge in [-0.2, -0.15) is 0 Å². The molecule has 0 N–H and O–H groups in total. The van der Waals surface area contributed by atoms with Gasteiger partial charge in [0, 0.05) is 19.9 Å². The molecule has 6 heteroatoms. The van der Waals surface area contributed by atoms with Crippen molar-refractivity contribution in [3.05, 3.63) is 53.6 Å². The fourth-order valence-corrected chi connectivity index (χ4v) is 2.96. The SMILES string of the molecule is COC(=O)C1Cc2ncn(Cc3ccccc3)c2CN1C(C)=O. The minimum absolute atomic E-state index is 0.140. The van der Waals surface area contributed by atoms with Crippen LogP contribution in [0, 0.1) is 0 Å². The van der Waals surface area contributed by atoms with E-state index in [4.69, 9.17) is 4.74 Å². The molecule has 23 heavy (non-hydrogen) atoms. The zero-order valence-electron chi connectivity index (χ0n) is 13.2. The Morgan fingerprint density at radius 3 is 2.70 bits per heavy atom. The number of fused-ring (bicyclic) bond motifs is 1. The molecule has 1 atom stereocenters. The van der Waals surface area contributed by atoms with Gasteiger partial charge in [-0.25, -0.2) is 9.78 Å². The number of imidazole rings is 1. The van der Waals surface area contributed by atoms with Gasteiger partial charge < -0.3 is 14.2 Å². The molecule has 2 aromatic rings. The van der Waals surface area contributed by atoms with Crippen LogP contribution >= 0.6 is 0 Å². The van der Waals surface area contributed by atoms with Crippen LogP contribution in [0.2, 0.25) is 0 Å². The number of esters is 1. The Morgan fingerprint density at radius 1 is 1.30 bits per heavy atom. The first-order chi connectivity index (χ1) is 11.1. The highest BCUT2D eigenvalue weighted by Crippen LogP contribution is 2.24. The van der Waals surface area contributed by atoms with Gasteiger partial charge in [-0.15, -0.1) is 0 Å². The van der Waals surface area contributed by atoms with E-state index < -0.39 is 12.0 Å². The summed E-state index contributed by atoms with van der Waals surface area (Å²) in [5, 5.41) is 0. The third-order valence-electron chi connectivity index (χ3n) is 4.19. The number of hydrogen-bond donors (Lipinski definition) is 0. The molecule has 1 amide bonds. The third kappa shape index (κ3) is 2.97. The lowest BCUT2D eigenvalue weighted by Gasteiger charge is -2.33. The zero-order chi connectivity index (χ0) is 16.4. The molecular weight excluding hydrogens is 294 g/mol. The van der Waals surface area contributed by atoms with Crippen LogP contribution < -0.4 is 0 Å². The topological polar surface area (TPSA) is 64.4 Å². The van der Waals surface area contributed by atoms with Gasteiger partial charge in [0.05, 0.1) is 31.4 Å². The quantitative estimate of drug-likeness (QED) is 0.803. The van der Waals surface area contributed by atoms with Gasteiger partial charge in [-0.3, -0.25) is 4.79 Å². The molecule has 2 heterocycles. The molecule has 0 saturated carbocycles. The Bertz CT molecular complexity index is 724. The minimum Gasteiger partial charge on any atom is -0.467 e. The van der Waals surface area contributed by atoms with E-state index in [1.807, 2.05) is 22.8 Å². The van der Waals surface area contributed by atoms with E-state index in [2.05, 4.69) is 17.1 Å². The molecule has 0 bridgehead atoms. The second-order valence-electron chi connectivity index (χ2n) is 5.64. The number of nitrogens with zero attached hydrogens (tertiary/aromatic N) is 3. The predicted molar refractivity (Wildman–Crippen MR) is 83.5 cm³/mol. The number of methoxy groups -OCH3 is 1. The van der Waals surface area contributed by atoms with Crippen LogP contribution in [0.1, 0.15) is 23.9 Å². The van der Waals surface area contributed by atoms with E-state index in [1.165, 1.54) is 14.0 Å². The number of carbonyl (C=O) groups excluding carboxylic acids is 2. The summed E-state index contributed by atoms with van der Waals surface area (Å²) < 4.78 is 6.86. The molecule has 6 nitrogen and oxygen atoms in total. The van der Waals surface area contributed by atoms with Gasteiger partial charge in [-0.05, 0) is 5.56 Å². The second-order valence-corrected chi connectivity index (χ2v) is 5.64. The average Bonchev–Trinajstić information content (AvgIpc) is 2.96. The zero-order valence-corrected chi connectivity index (χ0v) is 13.2. The fourth-order valence-electron chi connectivity index (χ4n) is 2.96. The Labute approximate surface area is 134 Å². The van der Waals surface area contributed by atoms with Crippen LogP contribution in [0.15, 0.2) is 36.7 Å². The summed E-state index contributed by atoms with van der Waals surface area (Å²) in [6.07, 6.45) is 2.17. The van der Waals surface area contributed by atoms with Crippen molar-refractivity contribution in [2.75, 3.05) is 7.11 Å². The molecule has 120 valence electrons. The number of ether oxygens (including phenoxy) is 1. The smallest absolute Gasteiger partial charge is 0.329 e. The molecule has 0 fully saturated rings. The van der Waals surface area contributed by atoms with Gasteiger partial charge in [0.25, 0.3) is 0 Å². The molecule has 1 unspecified atom stereocenters. The Kier molecular flexibility index (Phi) is 4.14. The van der Waals surface area contributed by atoms with E-state index in [9.17, 15) is 9.59 Å². The van der Waals surface area contributed by atoms with Crippen molar-refractivity contribution in [3.63, 3.8) is 0 Å². The van der Waals surface area contributed by atoms with E-state index in [0.29, 0.717) is 19.5 Å². The lowest BCUT2D eigenvalue weighted by Crippen LogP contribution is -2.48. The van der Waals surface area contributed by atoms with Crippen molar-refractivity contribution in [2.24, 2.45) is 0 Å². The van der Waals surface area contributed by atoms with Gasteiger partial charge in [-0.1, -0.05) is 30.3 Å². The molecule has 1 aromatic carbocycles. The van der Waals surface area contributed by atoms with Gasteiger partial charge in [0.15, 0.2) is 0 Å². The van der Waals surface area contributed by atoms with Crippen molar-refractivity contribution in [1.82, 2.24) is 14.5 Å².